The quantitative estimate of drug-likeness (QED) is 0.737. The Hall–Kier alpha value is -2.27. The van der Waals surface area contributed by atoms with Crippen molar-refractivity contribution in [3.63, 3.8) is 0 Å². The molecule has 1 heterocycles. The Kier molecular flexibility index (Phi) is 6.65. The monoisotopic (exact) mass is 362 g/mol. The molecular weight excluding hydrogens is 340 g/mol. The fraction of sp³-hybridized carbons (Fsp3) is 0.368. The molecular formula is C19H23ClN2O3. The minimum Gasteiger partial charge on any atom is -0.462 e. The van der Waals surface area contributed by atoms with Gasteiger partial charge in [-0.25, -0.2) is 4.79 Å². The van der Waals surface area contributed by atoms with Crippen LogP contribution < -0.4 is 5.32 Å². The maximum absolute atomic E-state index is 12.1. The molecule has 0 aliphatic carbocycles. The molecule has 0 saturated heterocycles. The zero-order valence-corrected chi connectivity index (χ0v) is 15.5. The number of ether oxygens (including phenoxy) is 1. The van der Waals surface area contributed by atoms with E-state index in [2.05, 4.69) is 10.3 Å². The molecule has 0 aliphatic rings. The Morgan fingerprint density at radius 3 is 2.64 bits per heavy atom. The number of esters is 1. The molecule has 5 nitrogen and oxygen atoms in total. The summed E-state index contributed by atoms with van der Waals surface area (Å²) < 4.78 is 5.08. The molecule has 0 radical (unpaired) electrons. The van der Waals surface area contributed by atoms with Gasteiger partial charge < -0.3 is 15.0 Å². The number of amides is 1. The molecule has 0 bridgehead atoms. The van der Waals surface area contributed by atoms with Crippen LogP contribution in [0.4, 0.5) is 0 Å². The van der Waals surface area contributed by atoms with Gasteiger partial charge in [0.15, 0.2) is 0 Å². The molecule has 2 N–H and O–H groups in total. The van der Waals surface area contributed by atoms with Gasteiger partial charge in [0.05, 0.1) is 12.2 Å². The third-order valence-corrected chi connectivity index (χ3v) is 4.43. The highest BCUT2D eigenvalue weighted by molar-refractivity contribution is 6.31. The molecule has 2 aromatic rings. The number of hydrogen-bond acceptors (Lipinski definition) is 3. The zero-order valence-electron chi connectivity index (χ0n) is 14.7. The Labute approximate surface area is 152 Å². The van der Waals surface area contributed by atoms with Crippen molar-refractivity contribution in [3.05, 3.63) is 57.4 Å². The first-order chi connectivity index (χ1) is 11.9. The predicted molar refractivity (Wildman–Crippen MR) is 97.8 cm³/mol. The molecule has 0 atom stereocenters. The van der Waals surface area contributed by atoms with E-state index >= 15 is 0 Å². The highest BCUT2D eigenvalue weighted by Crippen LogP contribution is 2.20. The minimum absolute atomic E-state index is 0.0655. The molecule has 0 fully saturated rings. The van der Waals surface area contributed by atoms with Gasteiger partial charge >= 0.3 is 5.97 Å². The van der Waals surface area contributed by atoms with Crippen molar-refractivity contribution in [3.8, 4) is 0 Å². The van der Waals surface area contributed by atoms with Crippen LogP contribution in [-0.2, 0) is 22.5 Å². The van der Waals surface area contributed by atoms with Crippen molar-refractivity contribution in [2.75, 3.05) is 6.61 Å². The van der Waals surface area contributed by atoms with Gasteiger partial charge in [-0.1, -0.05) is 29.8 Å². The van der Waals surface area contributed by atoms with Crippen LogP contribution in [0.15, 0.2) is 24.3 Å². The minimum atomic E-state index is -0.330. The Bertz CT molecular complexity index is 768. The van der Waals surface area contributed by atoms with Crippen LogP contribution in [0.2, 0.25) is 5.02 Å². The molecule has 25 heavy (non-hydrogen) atoms. The van der Waals surface area contributed by atoms with Gasteiger partial charge in [-0.3, -0.25) is 4.79 Å². The average molecular weight is 363 g/mol. The molecule has 0 saturated carbocycles. The average Bonchev–Trinajstić information content (AvgIpc) is 2.86. The highest BCUT2D eigenvalue weighted by Gasteiger charge is 2.19. The number of benzene rings is 1. The summed E-state index contributed by atoms with van der Waals surface area (Å²) >= 11 is 6.08. The number of rotatable bonds is 7. The summed E-state index contributed by atoms with van der Waals surface area (Å²) in [4.78, 5) is 27.3. The molecule has 6 heteroatoms. The van der Waals surface area contributed by atoms with E-state index in [1.165, 1.54) is 0 Å². The predicted octanol–water partition coefficient (Wildman–Crippen LogP) is 3.71. The first kappa shape index (κ1) is 19.1. The van der Waals surface area contributed by atoms with E-state index in [9.17, 15) is 9.59 Å². The van der Waals surface area contributed by atoms with Crippen LogP contribution in [0, 0.1) is 13.8 Å². The SMILES string of the molecule is CCOC(=O)c1c(C)[nH]c(CCC(=O)NCc2ccccc2Cl)c1C. The number of aromatic amines is 1. The third-order valence-electron chi connectivity index (χ3n) is 4.06. The van der Waals surface area contributed by atoms with Gasteiger partial charge in [-0.2, -0.15) is 0 Å². The van der Waals surface area contributed by atoms with Crippen LogP contribution in [0.1, 0.15) is 46.2 Å². The number of carbonyl (C=O) groups is 2. The van der Waals surface area contributed by atoms with Crippen molar-refractivity contribution in [2.24, 2.45) is 0 Å². The molecule has 0 aliphatic heterocycles. The first-order valence-corrected chi connectivity index (χ1v) is 8.67. The number of aromatic nitrogens is 1. The Balaban J connectivity index is 1.93. The van der Waals surface area contributed by atoms with Crippen molar-refractivity contribution in [1.82, 2.24) is 10.3 Å². The smallest absolute Gasteiger partial charge is 0.340 e. The van der Waals surface area contributed by atoms with E-state index in [0.29, 0.717) is 36.6 Å². The Morgan fingerprint density at radius 2 is 1.96 bits per heavy atom. The lowest BCUT2D eigenvalue weighted by atomic mass is 10.1. The molecule has 1 aromatic heterocycles. The van der Waals surface area contributed by atoms with E-state index in [4.69, 9.17) is 16.3 Å². The van der Waals surface area contributed by atoms with Crippen LogP contribution in [0.3, 0.4) is 0 Å². The number of nitrogens with one attached hydrogen (secondary N) is 2. The number of H-pyrrole nitrogens is 1. The highest BCUT2D eigenvalue weighted by atomic mass is 35.5. The lowest BCUT2D eigenvalue weighted by molar-refractivity contribution is -0.121. The van der Waals surface area contributed by atoms with Crippen LogP contribution in [0.5, 0.6) is 0 Å². The van der Waals surface area contributed by atoms with Crippen molar-refractivity contribution in [1.29, 1.82) is 0 Å². The van der Waals surface area contributed by atoms with E-state index in [-0.39, 0.29) is 11.9 Å². The first-order valence-electron chi connectivity index (χ1n) is 8.29. The van der Waals surface area contributed by atoms with E-state index in [1.807, 2.05) is 32.0 Å². The summed E-state index contributed by atoms with van der Waals surface area (Å²) in [5, 5.41) is 3.50. The van der Waals surface area contributed by atoms with Crippen LogP contribution in [-0.4, -0.2) is 23.5 Å². The van der Waals surface area contributed by atoms with Gasteiger partial charge in [0.2, 0.25) is 5.91 Å². The summed E-state index contributed by atoms with van der Waals surface area (Å²) in [5.74, 6) is -0.396. The molecule has 1 amide bonds. The van der Waals surface area contributed by atoms with Crippen LogP contribution >= 0.6 is 11.6 Å². The second kappa shape index (κ2) is 8.72. The van der Waals surface area contributed by atoms with Crippen molar-refractivity contribution in [2.45, 2.75) is 40.2 Å². The second-order valence-electron chi connectivity index (χ2n) is 5.82. The summed E-state index contributed by atoms with van der Waals surface area (Å²) in [6.07, 6.45) is 0.855. The lowest BCUT2D eigenvalue weighted by Crippen LogP contribution is -2.23. The van der Waals surface area contributed by atoms with E-state index in [0.717, 1.165) is 22.5 Å². The summed E-state index contributed by atoms with van der Waals surface area (Å²) in [7, 11) is 0. The third kappa shape index (κ3) is 4.86. The van der Waals surface area contributed by atoms with E-state index in [1.54, 1.807) is 13.0 Å². The summed E-state index contributed by atoms with van der Waals surface area (Å²) in [5.41, 5.74) is 3.94. The van der Waals surface area contributed by atoms with Gasteiger partial charge in [0, 0.05) is 29.4 Å². The maximum atomic E-state index is 12.1. The number of hydrogen-bond donors (Lipinski definition) is 2. The number of carbonyl (C=O) groups excluding carboxylic acids is 2. The van der Waals surface area contributed by atoms with Gasteiger partial charge in [-0.15, -0.1) is 0 Å². The van der Waals surface area contributed by atoms with E-state index < -0.39 is 0 Å². The number of halogens is 1. The van der Waals surface area contributed by atoms with Crippen LogP contribution in [0.25, 0.3) is 0 Å². The molecule has 134 valence electrons. The fourth-order valence-electron chi connectivity index (χ4n) is 2.74. The second-order valence-corrected chi connectivity index (χ2v) is 6.22. The summed E-state index contributed by atoms with van der Waals surface area (Å²) in [6, 6.07) is 7.41. The zero-order chi connectivity index (χ0) is 18.4. The van der Waals surface area contributed by atoms with Crippen molar-refractivity contribution >= 4 is 23.5 Å². The topological polar surface area (TPSA) is 71.2 Å². The largest absolute Gasteiger partial charge is 0.462 e. The molecule has 0 spiro atoms. The fourth-order valence-corrected chi connectivity index (χ4v) is 2.94. The van der Waals surface area contributed by atoms with Crippen molar-refractivity contribution < 1.29 is 14.3 Å². The molecule has 0 unspecified atom stereocenters. The van der Waals surface area contributed by atoms with Gasteiger partial charge in [-0.05, 0) is 44.4 Å². The Morgan fingerprint density at radius 1 is 1.24 bits per heavy atom. The molecule has 1 aromatic carbocycles. The standard InChI is InChI=1S/C19H23ClN2O3/c1-4-25-19(24)18-12(2)16(22-13(18)3)9-10-17(23)21-11-14-7-5-6-8-15(14)20/h5-8,22H,4,9-11H2,1-3H3,(H,21,23). The maximum Gasteiger partial charge on any atom is 0.340 e. The summed E-state index contributed by atoms with van der Waals surface area (Å²) in [6.45, 7) is 6.21. The lowest BCUT2D eigenvalue weighted by Gasteiger charge is -2.07. The number of aryl methyl sites for hydroxylation is 2. The van der Waals surface area contributed by atoms with Gasteiger partial charge in [0.1, 0.15) is 0 Å². The molecule has 2 rings (SSSR count). The normalized spacial score (nSPS) is 10.6. The van der Waals surface area contributed by atoms with Gasteiger partial charge in [0.25, 0.3) is 0 Å².